The molecule has 0 saturated heterocycles. The summed E-state index contributed by atoms with van der Waals surface area (Å²) in [7, 11) is 0. The Morgan fingerprint density at radius 3 is 2.80 bits per heavy atom. The summed E-state index contributed by atoms with van der Waals surface area (Å²) in [5, 5.41) is 13.6. The molecule has 0 fully saturated rings. The van der Waals surface area contributed by atoms with E-state index in [0.717, 1.165) is 22.7 Å². The lowest BCUT2D eigenvalue weighted by molar-refractivity contribution is 0.468. The van der Waals surface area contributed by atoms with E-state index in [2.05, 4.69) is 10.3 Å². The summed E-state index contributed by atoms with van der Waals surface area (Å²) in [6.07, 6.45) is 1.74. The minimum absolute atomic E-state index is 0.0714. The van der Waals surface area contributed by atoms with Crippen LogP contribution in [0.25, 0.3) is 10.9 Å². The van der Waals surface area contributed by atoms with Crippen molar-refractivity contribution in [3.05, 3.63) is 66.1 Å². The number of hydrogen-bond donors (Lipinski definition) is 2. The topological polar surface area (TPSA) is 45.1 Å². The van der Waals surface area contributed by atoms with E-state index in [1.165, 1.54) is 12.1 Å². The maximum Gasteiger partial charge on any atom is 0.127 e. The van der Waals surface area contributed by atoms with Gasteiger partial charge in [0.1, 0.15) is 11.6 Å². The molecule has 0 atom stereocenters. The van der Waals surface area contributed by atoms with Crippen LogP contribution in [0.15, 0.2) is 54.7 Å². The summed E-state index contributed by atoms with van der Waals surface area (Å²) < 4.78 is 13.2. The zero-order valence-corrected chi connectivity index (χ0v) is 10.7. The van der Waals surface area contributed by atoms with Gasteiger partial charge in [-0.1, -0.05) is 18.2 Å². The molecule has 1 aromatic heterocycles. The van der Waals surface area contributed by atoms with Crippen molar-refractivity contribution in [1.82, 2.24) is 4.98 Å². The molecule has 1 heterocycles. The minimum atomic E-state index is -0.446. The number of fused-ring (bicyclic) bond motifs is 1. The number of pyridine rings is 1. The van der Waals surface area contributed by atoms with Crippen LogP contribution in [0.1, 0.15) is 5.56 Å². The molecule has 0 aliphatic rings. The van der Waals surface area contributed by atoms with Crippen molar-refractivity contribution in [2.75, 3.05) is 5.32 Å². The van der Waals surface area contributed by atoms with Gasteiger partial charge < -0.3 is 10.4 Å². The van der Waals surface area contributed by atoms with Crippen LogP contribution >= 0.6 is 0 Å². The van der Waals surface area contributed by atoms with Gasteiger partial charge >= 0.3 is 0 Å². The number of aromatic hydroxyl groups is 1. The second kappa shape index (κ2) is 5.17. The Kier molecular flexibility index (Phi) is 3.21. The van der Waals surface area contributed by atoms with Gasteiger partial charge in [0, 0.05) is 24.2 Å². The maximum absolute atomic E-state index is 13.2. The molecule has 4 heteroatoms. The fourth-order valence-corrected chi connectivity index (χ4v) is 2.18. The molecule has 0 spiro atoms. The second-order valence-electron chi connectivity index (χ2n) is 4.55. The number of nitrogens with one attached hydrogen (secondary N) is 1. The van der Waals surface area contributed by atoms with E-state index in [0.29, 0.717) is 12.1 Å². The number of hydrogen-bond acceptors (Lipinski definition) is 3. The third-order valence-electron chi connectivity index (χ3n) is 3.06. The third kappa shape index (κ3) is 2.54. The number of halogens is 1. The van der Waals surface area contributed by atoms with Crippen molar-refractivity contribution in [3.8, 4) is 5.75 Å². The zero-order valence-electron chi connectivity index (χ0n) is 10.7. The lowest BCUT2D eigenvalue weighted by atomic mass is 10.1. The van der Waals surface area contributed by atoms with Gasteiger partial charge in [-0.15, -0.1) is 0 Å². The average molecular weight is 268 g/mol. The number of phenols is 1. The van der Waals surface area contributed by atoms with Crippen molar-refractivity contribution < 1.29 is 9.50 Å². The molecule has 3 aromatic rings. The van der Waals surface area contributed by atoms with Gasteiger partial charge in [0.05, 0.1) is 11.2 Å². The van der Waals surface area contributed by atoms with Crippen molar-refractivity contribution in [1.29, 1.82) is 0 Å². The van der Waals surface area contributed by atoms with Gasteiger partial charge in [0.2, 0.25) is 0 Å². The first-order valence-corrected chi connectivity index (χ1v) is 6.28. The first-order valence-electron chi connectivity index (χ1n) is 6.28. The summed E-state index contributed by atoms with van der Waals surface area (Å²) in [4.78, 5) is 4.34. The molecule has 0 bridgehead atoms. The fraction of sp³-hybridized carbons (Fsp3) is 0.0625. The molecule has 2 aromatic carbocycles. The first kappa shape index (κ1) is 12.4. The third-order valence-corrected chi connectivity index (χ3v) is 3.06. The summed E-state index contributed by atoms with van der Waals surface area (Å²) in [5.41, 5.74) is 2.43. The summed E-state index contributed by atoms with van der Waals surface area (Å²) >= 11 is 0. The SMILES string of the molecule is Oc1cc(F)cc(CNc2cccc3cccnc23)c1. The Bertz CT molecular complexity index is 733. The van der Waals surface area contributed by atoms with Gasteiger partial charge in [0.25, 0.3) is 0 Å². The molecule has 0 amide bonds. The number of para-hydroxylation sites is 1. The Hall–Kier alpha value is -2.62. The largest absolute Gasteiger partial charge is 0.508 e. The second-order valence-corrected chi connectivity index (χ2v) is 4.55. The highest BCUT2D eigenvalue weighted by Crippen LogP contribution is 2.22. The lowest BCUT2D eigenvalue weighted by Gasteiger charge is -2.09. The smallest absolute Gasteiger partial charge is 0.127 e. The minimum Gasteiger partial charge on any atom is -0.508 e. The van der Waals surface area contributed by atoms with Crippen LogP contribution in [0, 0.1) is 5.82 Å². The number of nitrogens with zero attached hydrogens (tertiary/aromatic N) is 1. The molecule has 0 aliphatic heterocycles. The van der Waals surface area contributed by atoms with E-state index >= 15 is 0 Å². The lowest BCUT2D eigenvalue weighted by Crippen LogP contribution is -2.01. The number of aromatic nitrogens is 1. The van der Waals surface area contributed by atoms with E-state index in [1.807, 2.05) is 30.3 Å². The Morgan fingerprint density at radius 1 is 1.10 bits per heavy atom. The molecule has 0 aliphatic carbocycles. The van der Waals surface area contributed by atoms with Gasteiger partial charge in [-0.05, 0) is 29.8 Å². The average Bonchev–Trinajstić information content (AvgIpc) is 2.44. The summed E-state index contributed by atoms with van der Waals surface area (Å²) in [6.45, 7) is 0.418. The normalized spacial score (nSPS) is 10.7. The number of benzene rings is 2. The highest BCUT2D eigenvalue weighted by molar-refractivity contribution is 5.90. The van der Waals surface area contributed by atoms with E-state index in [-0.39, 0.29) is 5.75 Å². The molecule has 20 heavy (non-hydrogen) atoms. The number of anilines is 1. The van der Waals surface area contributed by atoms with Crippen LogP contribution in [0.2, 0.25) is 0 Å². The van der Waals surface area contributed by atoms with E-state index in [4.69, 9.17) is 0 Å². The highest BCUT2D eigenvalue weighted by atomic mass is 19.1. The van der Waals surface area contributed by atoms with E-state index < -0.39 is 5.82 Å². The number of rotatable bonds is 3. The van der Waals surface area contributed by atoms with Crippen LogP contribution in [0.5, 0.6) is 5.75 Å². The Morgan fingerprint density at radius 2 is 1.95 bits per heavy atom. The highest BCUT2D eigenvalue weighted by Gasteiger charge is 2.03. The molecule has 0 unspecified atom stereocenters. The number of phenolic OH excluding ortho intramolecular Hbond substituents is 1. The Labute approximate surface area is 115 Å². The molecule has 3 rings (SSSR count). The predicted molar refractivity (Wildman–Crippen MR) is 77.1 cm³/mol. The Balaban J connectivity index is 1.87. The van der Waals surface area contributed by atoms with Gasteiger partial charge in [-0.2, -0.15) is 0 Å². The van der Waals surface area contributed by atoms with Crippen molar-refractivity contribution >= 4 is 16.6 Å². The first-order chi connectivity index (χ1) is 9.72. The standard InChI is InChI=1S/C16H13FN2O/c17-13-7-11(8-14(20)9-13)10-19-15-5-1-3-12-4-2-6-18-16(12)15/h1-9,19-20H,10H2. The van der Waals surface area contributed by atoms with Crippen LogP contribution in [0.3, 0.4) is 0 Å². The molecule has 3 nitrogen and oxygen atoms in total. The molecular weight excluding hydrogens is 255 g/mol. The van der Waals surface area contributed by atoms with Crippen LogP contribution < -0.4 is 5.32 Å². The molecular formula is C16H13FN2O. The van der Waals surface area contributed by atoms with Gasteiger partial charge in [-0.3, -0.25) is 4.98 Å². The van der Waals surface area contributed by atoms with Crippen molar-refractivity contribution in [3.63, 3.8) is 0 Å². The molecule has 100 valence electrons. The predicted octanol–water partition coefficient (Wildman–Crippen LogP) is 3.69. The maximum atomic E-state index is 13.2. The van der Waals surface area contributed by atoms with E-state index in [1.54, 1.807) is 6.20 Å². The van der Waals surface area contributed by atoms with Crippen molar-refractivity contribution in [2.45, 2.75) is 6.54 Å². The van der Waals surface area contributed by atoms with Crippen LogP contribution in [-0.4, -0.2) is 10.1 Å². The molecule has 0 radical (unpaired) electrons. The summed E-state index contributed by atoms with van der Waals surface area (Å²) in [5.74, 6) is -0.518. The van der Waals surface area contributed by atoms with Gasteiger partial charge in [0.15, 0.2) is 0 Å². The molecule has 2 N–H and O–H groups in total. The monoisotopic (exact) mass is 268 g/mol. The van der Waals surface area contributed by atoms with E-state index in [9.17, 15) is 9.50 Å². The quantitative estimate of drug-likeness (QED) is 0.761. The van der Waals surface area contributed by atoms with Crippen LogP contribution in [-0.2, 0) is 6.54 Å². The van der Waals surface area contributed by atoms with Gasteiger partial charge in [-0.25, -0.2) is 4.39 Å². The summed E-state index contributed by atoms with van der Waals surface area (Å²) in [6, 6.07) is 13.7. The zero-order chi connectivity index (χ0) is 13.9. The van der Waals surface area contributed by atoms with Crippen LogP contribution in [0.4, 0.5) is 10.1 Å². The fourth-order valence-electron chi connectivity index (χ4n) is 2.18. The molecule has 0 saturated carbocycles. The van der Waals surface area contributed by atoms with Crippen molar-refractivity contribution in [2.24, 2.45) is 0 Å².